The van der Waals surface area contributed by atoms with Gasteiger partial charge in [0.15, 0.2) is 0 Å². The Morgan fingerprint density at radius 2 is 0.256 bits per heavy atom. The SMILES string of the molecule is CCCCCCCC/C=C\CCCCCCCC[N+](C)(CCCCCCCC/C=C/CCCCCCCC)CCCCCC[N+](C)(CCCCCCCC/C=C/CCCCCCCC)CCCCCCCC/C=C/CCCCCCCC. The fraction of sp³-hybridized carbons (Fsp3) is 0.900. The summed E-state index contributed by atoms with van der Waals surface area (Å²) in [4.78, 5) is 0. The molecule has 1 unspecified atom stereocenters. The molecular weight excluding hydrogens is 989 g/mol. The van der Waals surface area contributed by atoms with Crippen molar-refractivity contribution < 1.29 is 8.97 Å². The van der Waals surface area contributed by atoms with Crippen molar-refractivity contribution in [3.05, 3.63) is 48.6 Å². The smallest absolute Gasteiger partial charge is 0.0784 e. The molecule has 0 bridgehead atoms. The van der Waals surface area contributed by atoms with Crippen LogP contribution in [0.1, 0.15) is 413 Å². The summed E-state index contributed by atoms with van der Waals surface area (Å²) in [6.07, 6.45) is 104. The first-order chi connectivity index (χ1) is 40.4. The lowest BCUT2D eigenvalue weighted by molar-refractivity contribution is -0.911. The van der Waals surface area contributed by atoms with Crippen LogP contribution in [0.15, 0.2) is 48.6 Å². The van der Waals surface area contributed by atoms with Crippen LogP contribution in [0.5, 0.6) is 0 Å². The van der Waals surface area contributed by atoms with Gasteiger partial charge in [-0.25, -0.2) is 0 Å². The molecule has 2 heteroatoms. The number of hydrogen-bond donors (Lipinski definition) is 0. The third-order valence-corrected chi connectivity index (χ3v) is 19.0. The molecule has 0 aromatic rings. The molecule has 0 radical (unpaired) electrons. The van der Waals surface area contributed by atoms with Crippen LogP contribution in [0.25, 0.3) is 0 Å². The van der Waals surface area contributed by atoms with E-state index in [-0.39, 0.29) is 0 Å². The molecule has 0 fully saturated rings. The third kappa shape index (κ3) is 64.9. The molecule has 0 aliphatic heterocycles. The normalized spacial score (nSPS) is 13.2. The molecule has 2 nitrogen and oxygen atoms in total. The highest BCUT2D eigenvalue weighted by atomic mass is 15.3. The average molecular weight is 1150 g/mol. The van der Waals surface area contributed by atoms with E-state index < -0.39 is 0 Å². The van der Waals surface area contributed by atoms with Crippen LogP contribution in [0.4, 0.5) is 0 Å². The van der Waals surface area contributed by atoms with Crippen molar-refractivity contribution in [1.29, 1.82) is 0 Å². The van der Waals surface area contributed by atoms with E-state index in [0.29, 0.717) is 0 Å². The summed E-state index contributed by atoms with van der Waals surface area (Å²) in [6.45, 7) is 17.7. The Balaban J connectivity index is 4.97. The Bertz CT molecular complexity index is 1110. The second-order valence-corrected chi connectivity index (χ2v) is 27.7. The van der Waals surface area contributed by atoms with Crippen LogP contribution in [0.2, 0.25) is 0 Å². The van der Waals surface area contributed by atoms with Gasteiger partial charge in [0.2, 0.25) is 0 Å². The van der Waals surface area contributed by atoms with Crippen molar-refractivity contribution >= 4 is 0 Å². The maximum atomic E-state index is 2.66. The number of quaternary nitrogens is 2. The zero-order chi connectivity index (χ0) is 59.3. The van der Waals surface area contributed by atoms with Gasteiger partial charge in [0.1, 0.15) is 0 Å². The fourth-order valence-corrected chi connectivity index (χ4v) is 13.0. The van der Waals surface area contributed by atoms with Gasteiger partial charge >= 0.3 is 0 Å². The largest absolute Gasteiger partial charge is 0.326 e. The van der Waals surface area contributed by atoms with Crippen LogP contribution in [-0.4, -0.2) is 62.3 Å². The summed E-state index contributed by atoms with van der Waals surface area (Å²) < 4.78 is 2.68. The monoisotopic (exact) mass is 1150 g/mol. The summed E-state index contributed by atoms with van der Waals surface area (Å²) >= 11 is 0. The Hall–Kier alpha value is -1.12. The van der Waals surface area contributed by atoms with Gasteiger partial charge in [-0.05, 0) is 180 Å². The minimum atomic E-state index is 1.30. The van der Waals surface area contributed by atoms with Gasteiger partial charge in [0.05, 0.1) is 53.4 Å². The topological polar surface area (TPSA) is 0 Å². The van der Waals surface area contributed by atoms with Crippen molar-refractivity contribution in [2.24, 2.45) is 0 Å². The van der Waals surface area contributed by atoms with Crippen molar-refractivity contribution in [2.45, 2.75) is 413 Å². The molecule has 0 heterocycles. The zero-order valence-electron chi connectivity index (χ0n) is 58.2. The predicted octanol–water partition coefficient (Wildman–Crippen LogP) is 27.6. The Morgan fingerprint density at radius 1 is 0.146 bits per heavy atom. The second kappa shape index (κ2) is 69.0. The average Bonchev–Trinajstić information content (AvgIpc) is 3.48. The lowest BCUT2D eigenvalue weighted by Crippen LogP contribution is -2.46. The maximum Gasteiger partial charge on any atom is 0.0784 e. The van der Waals surface area contributed by atoms with Crippen LogP contribution >= 0.6 is 0 Å². The van der Waals surface area contributed by atoms with Gasteiger partial charge in [-0.15, -0.1) is 0 Å². The van der Waals surface area contributed by atoms with Crippen molar-refractivity contribution in [1.82, 2.24) is 0 Å². The molecule has 0 saturated heterocycles. The highest BCUT2D eigenvalue weighted by Gasteiger charge is 2.22. The van der Waals surface area contributed by atoms with Gasteiger partial charge in [-0.2, -0.15) is 0 Å². The number of nitrogens with zero attached hydrogens (tertiary/aromatic N) is 2. The Labute approximate surface area is 521 Å². The molecule has 0 aromatic carbocycles. The van der Waals surface area contributed by atoms with Gasteiger partial charge in [-0.1, -0.05) is 282 Å². The molecule has 0 aliphatic carbocycles. The first-order valence-corrected chi connectivity index (χ1v) is 38.7. The van der Waals surface area contributed by atoms with Crippen LogP contribution < -0.4 is 0 Å². The molecule has 0 aliphatic rings. The highest BCUT2D eigenvalue weighted by molar-refractivity contribution is 4.83. The van der Waals surface area contributed by atoms with E-state index in [1.807, 2.05) is 0 Å². The third-order valence-electron chi connectivity index (χ3n) is 19.0. The van der Waals surface area contributed by atoms with Gasteiger partial charge in [0.25, 0.3) is 0 Å². The molecule has 0 aromatic heterocycles. The zero-order valence-corrected chi connectivity index (χ0v) is 58.2. The highest BCUT2D eigenvalue weighted by Crippen LogP contribution is 2.21. The molecule has 82 heavy (non-hydrogen) atoms. The molecule has 1 atom stereocenters. The van der Waals surface area contributed by atoms with Crippen LogP contribution in [0, 0.1) is 0 Å². The van der Waals surface area contributed by atoms with Gasteiger partial charge in [-0.3, -0.25) is 0 Å². The van der Waals surface area contributed by atoms with Crippen molar-refractivity contribution in [2.75, 3.05) is 53.4 Å². The Kier molecular flexibility index (Phi) is 68.0. The first-order valence-electron chi connectivity index (χ1n) is 38.7. The number of hydrogen-bond acceptors (Lipinski definition) is 0. The van der Waals surface area contributed by atoms with Gasteiger partial charge in [0, 0.05) is 0 Å². The summed E-state index contributed by atoms with van der Waals surface area (Å²) in [6, 6.07) is 0. The standard InChI is InChI=1S/C80H158N2/c1-7-11-15-19-23-27-31-35-39-43-47-51-55-59-63-69-75-81(5,76-70-64-60-56-52-48-44-40-36-32-28-24-20-16-12-8-2)79-73-67-68-74-80-82(6,77-71-65-61-57-53-49-45-41-37-33-29-25-21-17-13-9-3)78-72-66-62-58-54-50-46-42-38-34-30-26-22-18-14-10-4/h35-42H,7-34,43-80H2,1-6H3/q+2/b39-35-,40-36+,41-37+,42-38+. The fourth-order valence-electron chi connectivity index (χ4n) is 13.0. The quantitative estimate of drug-likeness (QED) is 0.0323. The lowest BCUT2D eigenvalue weighted by atomic mass is 10.1. The van der Waals surface area contributed by atoms with E-state index in [4.69, 9.17) is 0 Å². The number of allylic oxidation sites excluding steroid dienone is 8. The van der Waals surface area contributed by atoms with E-state index in [1.54, 1.807) is 0 Å². The summed E-state index contributed by atoms with van der Waals surface area (Å²) in [5.41, 5.74) is 0. The van der Waals surface area contributed by atoms with E-state index >= 15 is 0 Å². The minimum Gasteiger partial charge on any atom is -0.326 e. The molecule has 0 spiro atoms. The minimum absolute atomic E-state index is 1.30. The molecule has 0 saturated carbocycles. The molecule has 0 N–H and O–H groups in total. The van der Waals surface area contributed by atoms with E-state index in [0.717, 1.165) is 0 Å². The predicted molar refractivity (Wildman–Crippen MR) is 378 cm³/mol. The van der Waals surface area contributed by atoms with E-state index in [1.165, 1.54) is 433 Å². The molecule has 0 amide bonds. The van der Waals surface area contributed by atoms with Crippen molar-refractivity contribution in [3.63, 3.8) is 0 Å². The Morgan fingerprint density at radius 3 is 0.390 bits per heavy atom. The molecule has 486 valence electrons. The molecular formula is C80H158N2+2. The lowest BCUT2D eigenvalue weighted by Gasteiger charge is -2.36. The molecule has 0 rings (SSSR count). The summed E-state index contributed by atoms with van der Waals surface area (Å²) in [5.74, 6) is 0. The summed E-state index contributed by atoms with van der Waals surface area (Å²) in [7, 11) is 5.32. The first kappa shape index (κ1) is 80.9. The van der Waals surface area contributed by atoms with Crippen LogP contribution in [0.3, 0.4) is 0 Å². The van der Waals surface area contributed by atoms with E-state index in [9.17, 15) is 0 Å². The number of rotatable bonds is 71. The van der Waals surface area contributed by atoms with Crippen LogP contribution in [-0.2, 0) is 0 Å². The number of unbranched alkanes of at least 4 members (excludes halogenated alkanes) is 51. The maximum absolute atomic E-state index is 2.66. The second-order valence-electron chi connectivity index (χ2n) is 27.7. The van der Waals surface area contributed by atoms with Gasteiger partial charge < -0.3 is 8.97 Å². The van der Waals surface area contributed by atoms with Crippen molar-refractivity contribution in [3.8, 4) is 0 Å². The summed E-state index contributed by atoms with van der Waals surface area (Å²) in [5, 5.41) is 0. The van der Waals surface area contributed by atoms with E-state index in [2.05, 4.69) is 90.4 Å².